The highest BCUT2D eigenvalue weighted by Gasteiger charge is 2.33. The minimum Gasteiger partial charge on any atom is -0.337 e. The molecule has 92 valence electrons. The van der Waals surface area contributed by atoms with Gasteiger partial charge in [0.2, 0.25) is 5.91 Å². The van der Waals surface area contributed by atoms with Crippen molar-refractivity contribution in [1.29, 1.82) is 0 Å². The van der Waals surface area contributed by atoms with Gasteiger partial charge in [0.05, 0.1) is 6.42 Å². The van der Waals surface area contributed by atoms with Gasteiger partial charge in [0.15, 0.2) is 0 Å². The molecule has 0 N–H and O–H groups in total. The molecule has 1 aliphatic carbocycles. The topological polar surface area (TPSA) is 20.3 Å². The summed E-state index contributed by atoms with van der Waals surface area (Å²) >= 11 is 0. The molecular formula is C14H18FNO. The van der Waals surface area contributed by atoms with Gasteiger partial charge in [0, 0.05) is 12.1 Å². The van der Waals surface area contributed by atoms with E-state index in [4.69, 9.17) is 0 Å². The van der Waals surface area contributed by atoms with Crippen LogP contribution < -0.4 is 0 Å². The maximum Gasteiger partial charge on any atom is 0.227 e. The summed E-state index contributed by atoms with van der Waals surface area (Å²) < 4.78 is 12.8. The van der Waals surface area contributed by atoms with E-state index in [1.165, 1.54) is 12.1 Å². The number of benzene rings is 1. The van der Waals surface area contributed by atoms with Gasteiger partial charge >= 0.3 is 0 Å². The molecule has 17 heavy (non-hydrogen) atoms. The van der Waals surface area contributed by atoms with Crippen molar-refractivity contribution >= 4 is 5.91 Å². The number of halogens is 1. The Labute approximate surface area is 101 Å². The molecule has 0 aliphatic heterocycles. The lowest BCUT2D eigenvalue weighted by Gasteiger charge is -2.26. The third-order valence-corrected chi connectivity index (χ3v) is 3.05. The highest BCUT2D eigenvalue weighted by atomic mass is 19.1. The van der Waals surface area contributed by atoms with Gasteiger partial charge < -0.3 is 4.90 Å². The lowest BCUT2D eigenvalue weighted by Crippen LogP contribution is -2.39. The van der Waals surface area contributed by atoms with Crippen molar-refractivity contribution in [1.82, 2.24) is 4.90 Å². The molecule has 1 saturated carbocycles. The zero-order valence-electron chi connectivity index (χ0n) is 10.3. The predicted molar refractivity (Wildman–Crippen MR) is 65.1 cm³/mol. The molecule has 0 aromatic heterocycles. The molecular weight excluding hydrogens is 217 g/mol. The van der Waals surface area contributed by atoms with Crippen LogP contribution in [0.5, 0.6) is 0 Å². The molecule has 1 aliphatic rings. The first-order chi connectivity index (χ1) is 8.08. The lowest BCUT2D eigenvalue weighted by molar-refractivity contribution is -0.132. The van der Waals surface area contributed by atoms with Crippen molar-refractivity contribution < 1.29 is 9.18 Å². The number of carbonyl (C=O) groups excluding carboxylic acids is 1. The number of hydrogen-bond acceptors (Lipinski definition) is 1. The van der Waals surface area contributed by atoms with Crippen molar-refractivity contribution in [3.8, 4) is 0 Å². The molecule has 1 fully saturated rings. The molecule has 2 rings (SSSR count). The van der Waals surface area contributed by atoms with Gasteiger partial charge in [-0.3, -0.25) is 4.79 Å². The van der Waals surface area contributed by atoms with Crippen molar-refractivity contribution in [3.05, 3.63) is 35.6 Å². The van der Waals surface area contributed by atoms with Gasteiger partial charge in [0.25, 0.3) is 0 Å². The van der Waals surface area contributed by atoms with Crippen LogP contribution in [0.15, 0.2) is 24.3 Å². The monoisotopic (exact) mass is 235 g/mol. The number of carbonyl (C=O) groups is 1. The van der Waals surface area contributed by atoms with Crippen LogP contribution in [0.3, 0.4) is 0 Å². The molecule has 3 heteroatoms. The minimum absolute atomic E-state index is 0.147. The summed E-state index contributed by atoms with van der Waals surface area (Å²) in [6, 6.07) is 6.84. The molecule has 1 aromatic rings. The Balaban J connectivity index is 2.02. The van der Waals surface area contributed by atoms with E-state index in [0.29, 0.717) is 12.5 Å². The maximum atomic E-state index is 12.8. The second-order valence-corrected chi connectivity index (χ2v) is 4.93. The third-order valence-electron chi connectivity index (χ3n) is 3.05. The zero-order valence-corrected chi connectivity index (χ0v) is 10.3. The first kappa shape index (κ1) is 12.1. The van der Waals surface area contributed by atoms with E-state index in [2.05, 4.69) is 0 Å². The summed E-state index contributed by atoms with van der Waals surface area (Å²) in [5.41, 5.74) is 0.878. The van der Waals surface area contributed by atoms with Crippen molar-refractivity contribution in [2.45, 2.75) is 45.2 Å². The molecule has 0 bridgehead atoms. The average molecular weight is 235 g/mol. The van der Waals surface area contributed by atoms with E-state index < -0.39 is 0 Å². The van der Waals surface area contributed by atoms with Crippen LogP contribution in [0, 0.1) is 5.82 Å². The number of amides is 1. The zero-order chi connectivity index (χ0) is 12.4. The first-order valence-electron chi connectivity index (χ1n) is 6.13. The van der Waals surface area contributed by atoms with Crippen molar-refractivity contribution in [3.63, 3.8) is 0 Å². The van der Waals surface area contributed by atoms with Gasteiger partial charge in [-0.1, -0.05) is 12.1 Å². The standard InChI is InChI=1S/C14H18FNO/c1-10(2)16(13-7-8-13)14(17)9-11-3-5-12(15)6-4-11/h3-6,10,13H,7-9H2,1-2H3. The van der Waals surface area contributed by atoms with E-state index >= 15 is 0 Å². The van der Waals surface area contributed by atoms with E-state index in [1.807, 2.05) is 18.7 Å². The van der Waals surface area contributed by atoms with Crippen LogP contribution in [0.4, 0.5) is 4.39 Å². The van der Waals surface area contributed by atoms with Gasteiger partial charge in [0.1, 0.15) is 5.82 Å². The number of hydrogen-bond donors (Lipinski definition) is 0. The van der Waals surface area contributed by atoms with Crippen LogP contribution in [-0.4, -0.2) is 22.9 Å². The summed E-state index contributed by atoms with van der Waals surface area (Å²) in [6.07, 6.45) is 2.61. The van der Waals surface area contributed by atoms with Crippen LogP contribution in [0.25, 0.3) is 0 Å². The highest BCUT2D eigenvalue weighted by Crippen LogP contribution is 2.29. The molecule has 1 amide bonds. The minimum atomic E-state index is -0.260. The Bertz CT molecular complexity index is 393. The molecule has 1 aromatic carbocycles. The normalized spacial score (nSPS) is 15.1. The molecule has 0 unspecified atom stereocenters. The summed E-state index contributed by atoms with van der Waals surface area (Å²) in [6.45, 7) is 4.09. The third kappa shape index (κ3) is 3.05. The maximum absolute atomic E-state index is 12.8. The van der Waals surface area contributed by atoms with Crippen LogP contribution in [0.2, 0.25) is 0 Å². The van der Waals surface area contributed by atoms with E-state index in [-0.39, 0.29) is 17.8 Å². The molecule has 0 radical (unpaired) electrons. The van der Waals surface area contributed by atoms with Crippen LogP contribution >= 0.6 is 0 Å². The van der Waals surface area contributed by atoms with E-state index in [1.54, 1.807) is 12.1 Å². The van der Waals surface area contributed by atoms with Crippen LogP contribution in [0.1, 0.15) is 32.3 Å². The quantitative estimate of drug-likeness (QED) is 0.785. The SMILES string of the molecule is CC(C)N(C(=O)Cc1ccc(F)cc1)C1CC1. The molecule has 0 heterocycles. The van der Waals surface area contributed by atoms with E-state index in [0.717, 1.165) is 18.4 Å². The highest BCUT2D eigenvalue weighted by molar-refractivity contribution is 5.79. The molecule has 0 atom stereocenters. The fourth-order valence-corrected chi connectivity index (χ4v) is 2.13. The van der Waals surface area contributed by atoms with Crippen molar-refractivity contribution in [2.24, 2.45) is 0 Å². The Morgan fingerprint density at radius 1 is 1.35 bits per heavy atom. The van der Waals surface area contributed by atoms with Crippen molar-refractivity contribution in [2.75, 3.05) is 0 Å². The largest absolute Gasteiger partial charge is 0.337 e. The Morgan fingerprint density at radius 3 is 2.41 bits per heavy atom. The molecule has 0 saturated heterocycles. The number of rotatable bonds is 4. The summed E-state index contributed by atoms with van der Waals surface area (Å²) in [4.78, 5) is 14.1. The Hall–Kier alpha value is -1.38. The van der Waals surface area contributed by atoms with Gasteiger partial charge in [-0.2, -0.15) is 0 Å². The second-order valence-electron chi connectivity index (χ2n) is 4.93. The van der Waals surface area contributed by atoms with Gasteiger partial charge in [-0.05, 0) is 44.4 Å². The summed E-state index contributed by atoms with van der Waals surface area (Å²) in [5.74, 6) is -0.113. The fraction of sp³-hybridized carbons (Fsp3) is 0.500. The first-order valence-corrected chi connectivity index (χ1v) is 6.13. The summed E-state index contributed by atoms with van der Waals surface area (Å²) in [5, 5.41) is 0. The molecule has 2 nitrogen and oxygen atoms in total. The van der Waals surface area contributed by atoms with Gasteiger partial charge in [-0.15, -0.1) is 0 Å². The summed E-state index contributed by atoms with van der Waals surface area (Å²) in [7, 11) is 0. The smallest absolute Gasteiger partial charge is 0.227 e. The van der Waals surface area contributed by atoms with E-state index in [9.17, 15) is 9.18 Å². The Kier molecular flexibility index (Phi) is 3.46. The molecule has 0 spiro atoms. The fourth-order valence-electron chi connectivity index (χ4n) is 2.13. The van der Waals surface area contributed by atoms with Crippen LogP contribution in [-0.2, 0) is 11.2 Å². The number of nitrogens with zero attached hydrogens (tertiary/aromatic N) is 1. The Morgan fingerprint density at radius 2 is 1.94 bits per heavy atom. The average Bonchev–Trinajstić information content (AvgIpc) is 3.05. The lowest BCUT2D eigenvalue weighted by atomic mass is 10.1. The van der Waals surface area contributed by atoms with Gasteiger partial charge in [-0.25, -0.2) is 4.39 Å². The second kappa shape index (κ2) is 4.86. The predicted octanol–water partition coefficient (Wildman–Crippen LogP) is 2.77.